The number of fused-ring (bicyclic) bond motifs is 1. The molecule has 0 bridgehead atoms. The Balaban J connectivity index is 2.36. The van der Waals surface area contributed by atoms with Gasteiger partial charge in [0.05, 0.1) is 25.4 Å². The summed E-state index contributed by atoms with van der Waals surface area (Å²) in [6.45, 7) is 9.63. The van der Waals surface area contributed by atoms with E-state index in [1.165, 1.54) is 20.8 Å². The molecule has 7 atom stereocenters. The van der Waals surface area contributed by atoms with E-state index < -0.39 is 71.4 Å². The first-order valence-electron chi connectivity index (χ1n) is 13.8. The number of carboxylic acid groups (broad SMARTS) is 1. The minimum Gasteiger partial charge on any atom is -0.481 e. The lowest BCUT2D eigenvalue weighted by atomic mass is 9.64. The van der Waals surface area contributed by atoms with E-state index in [1.54, 1.807) is 11.9 Å². The molecule has 0 spiro atoms. The third kappa shape index (κ3) is 9.40. The first-order chi connectivity index (χ1) is 19.0. The molecule has 41 heavy (non-hydrogen) atoms. The number of aliphatic carboxylic acids is 1. The first-order valence-corrected chi connectivity index (χ1v) is 13.8. The second-order valence-corrected chi connectivity index (χ2v) is 11.6. The number of rotatable bonds is 13. The predicted molar refractivity (Wildman–Crippen MR) is 141 cm³/mol. The monoisotopic (exact) mass is 585 g/mol. The van der Waals surface area contributed by atoms with Gasteiger partial charge in [-0.05, 0) is 19.4 Å². The lowest BCUT2D eigenvalue weighted by Crippen LogP contribution is -2.51. The Morgan fingerprint density at radius 1 is 1.05 bits per heavy atom. The summed E-state index contributed by atoms with van der Waals surface area (Å²) in [4.78, 5) is 73.2. The number of nitrogens with zero attached hydrogens (tertiary/aromatic N) is 1. The molecule has 13 nitrogen and oxygen atoms in total. The van der Waals surface area contributed by atoms with Crippen molar-refractivity contribution in [2.75, 3.05) is 26.9 Å². The van der Waals surface area contributed by atoms with Crippen molar-refractivity contribution in [2.45, 2.75) is 85.5 Å². The summed E-state index contributed by atoms with van der Waals surface area (Å²) in [7, 11) is 1.64. The molecule has 0 aromatic carbocycles. The van der Waals surface area contributed by atoms with Crippen LogP contribution in [0.2, 0.25) is 0 Å². The zero-order valence-electron chi connectivity index (χ0n) is 24.9. The van der Waals surface area contributed by atoms with Gasteiger partial charge in [-0.25, -0.2) is 0 Å². The third-order valence-corrected chi connectivity index (χ3v) is 7.84. The third-order valence-electron chi connectivity index (χ3n) is 7.84. The molecule has 2 fully saturated rings. The molecular weight excluding hydrogens is 542 g/mol. The molecule has 2 aliphatic rings. The average molecular weight is 586 g/mol. The molecule has 0 unspecified atom stereocenters. The fourth-order valence-electron chi connectivity index (χ4n) is 6.42. The van der Waals surface area contributed by atoms with Crippen LogP contribution in [-0.4, -0.2) is 91.1 Å². The van der Waals surface area contributed by atoms with E-state index in [0.29, 0.717) is 6.42 Å². The van der Waals surface area contributed by atoms with Gasteiger partial charge in [0.25, 0.3) is 0 Å². The van der Waals surface area contributed by atoms with Crippen LogP contribution < -0.4 is 0 Å². The van der Waals surface area contributed by atoms with Gasteiger partial charge in [-0.3, -0.25) is 33.7 Å². The molecule has 232 valence electrons. The minimum atomic E-state index is -1.11. The molecule has 1 N–H and O–H groups in total. The summed E-state index contributed by atoms with van der Waals surface area (Å²) in [6, 6.07) is 0. The largest absolute Gasteiger partial charge is 0.481 e. The Morgan fingerprint density at radius 2 is 1.71 bits per heavy atom. The fraction of sp³-hybridized carbons (Fsp3) is 0.786. The van der Waals surface area contributed by atoms with Crippen molar-refractivity contribution in [1.82, 2.24) is 4.90 Å². The van der Waals surface area contributed by atoms with Gasteiger partial charge in [0.1, 0.15) is 25.0 Å². The lowest BCUT2D eigenvalue weighted by molar-refractivity contribution is -0.175. The quantitative estimate of drug-likeness (QED) is 0.189. The highest BCUT2D eigenvalue weighted by atomic mass is 16.6. The molecule has 1 heterocycles. The van der Waals surface area contributed by atoms with E-state index in [9.17, 15) is 28.8 Å². The normalized spacial score (nSPS) is 27.6. The summed E-state index contributed by atoms with van der Waals surface area (Å²) < 4.78 is 27.8. The second-order valence-electron chi connectivity index (χ2n) is 11.6. The molecule has 0 radical (unpaired) electrons. The van der Waals surface area contributed by atoms with Gasteiger partial charge >= 0.3 is 35.8 Å². The second kappa shape index (κ2) is 14.6. The van der Waals surface area contributed by atoms with Crippen LogP contribution in [0.15, 0.2) is 0 Å². The molecule has 1 aliphatic heterocycles. The van der Waals surface area contributed by atoms with E-state index in [4.69, 9.17) is 28.8 Å². The average Bonchev–Trinajstić information content (AvgIpc) is 3.08. The van der Waals surface area contributed by atoms with Gasteiger partial charge in [-0.1, -0.05) is 20.8 Å². The van der Waals surface area contributed by atoms with E-state index in [1.807, 2.05) is 20.8 Å². The van der Waals surface area contributed by atoms with Crippen LogP contribution in [0.5, 0.6) is 0 Å². The smallest absolute Gasteiger partial charge is 0.311 e. The van der Waals surface area contributed by atoms with E-state index in [0.717, 1.165) is 0 Å². The number of carbonyl (C=O) groups excluding carboxylic acids is 5. The van der Waals surface area contributed by atoms with Crippen LogP contribution in [0.25, 0.3) is 0 Å². The van der Waals surface area contributed by atoms with Crippen LogP contribution in [0.3, 0.4) is 0 Å². The number of carbonyl (C=O) groups is 6. The zero-order chi connectivity index (χ0) is 31.1. The highest BCUT2D eigenvalue weighted by Gasteiger charge is 2.60. The molecule has 13 heteroatoms. The molecule has 1 saturated carbocycles. The van der Waals surface area contributed by atoms with Crippen molar-refractivity contribution in [2.24, 2.45) is 29.1 Å². The van der Waals surface area contributed by atoms with Gasteiger partial charge in [0.15, 0.2) is 0 Å². The topological polar surface area (TPSA) is 172 Å². The summed E-state index contributed by atoms with van der Waals surface area (Å²) >= 11 is 0. The van der Waals surface area contributed by atoms with Crippen LogP contribution in [-0.2, 0) is 52.5 Å². The van der Waals surface area contributed by atoms with Crippen LogP contribution >= 0.6 is 0 Å². The number of hydrogen-bond donors (Lipinski definition) is 1. The Labute approximate surface area is 240 Å². The van der Waals surface area contributed by atoms with Crippen molar-refractivity contribution < 1.29 is 57.6 Å². The Kier molecular flexibility index (Phi) is 12.1. The summed E-state index contributed by atoms with van der Waals surface area (Å²) in [5, 5.41) is 8.75. The number of esters is 5. The summed E-state index contributed by atoms with van der Waals surface area (Å²) in [6.07, 6.45) is -2.05. The SMILES string of the molecule is CC(=O)OCC[C@H](OC(C)=O)[C@H]1[C@H](C)C[C@@H]2OC(=O)[C@H](CN(C)COC(=O)CCC(=O)O)[C@H]2[C@H](OC(C)=O)C1(C)C. The van der Waals surface area contributed by atoms with Crippen molar-refractivity contribution in [3.8, 4) is 0 Å². The van der Waals surface area contributed by atoms with Gasteiger partial charge in [-0.15, -0.1) is 0 Å². The molecule has 0 aromatic heterocycles. The predicted octanol–water partition coefficient (Wildman–Crippen LogP) is 1.94. The van der Waals surface area contributed by atoms with Crippen molar-refractivity contribution in [3.05, 3.63) is 0 Å². The molecular formula is C28H43NO12. The minimum absolute atomic E-state index is 0.0330. The molecule has 0 amide bonds. The van der Waals surface area contributed by atoms with Crippen molar-refractivity contribution in [3.63, 3.8) is 0 Å². The molecule has 2 rings (SSSR count). The summed E-state index contributed by atoms with van der Waals surface area (Å²) in [5.41, 5.74) is -0.824. The first kappa shape index (κ1) is 34.0. The summed E-state index contributed by atoms with van der Waals surface area (Å²) in [5.74, 6) is -5.55. The van der Waals surface area contributed by atoms with Crippen LogP contribution in [0, 0.1) is 29.1 Å². The fourth-order valence-corrected chi connectivity index (χ4v) is 6.42. The molecule has 1 aliphatic carbocycles. The Morgan fingerprint density at radius 3 is 2.27 bits per heavy atom. The van der Waals surface area contributed by atoms with Crippen molar-refractivity contribution in [1.29, 1.82) is 0 Å². The van der Waals surface area contributed by atoms with E-state index >= 15 is 0 Å². The van der Waals surface area contributed by atoms with Gasteiger partial charge in [0, 0.05) is 51.0 Å². The maximum atomic E-state index is 13.1. The number of hydrogen-bond acceptors (Lipinski definition) is 12. The van der Waals surface area contributed by atoms with Crippen LogP contribution in [0.4, 0.5) is 0 Å². The Bertz CT molecular complexity index is 995. The molecule has 0 aromatic rings. The van der Waals surface area contributed by atoms with E-state index in [2.05, 4.69) is 0 Å². The standard InChI is InChI=1S/C28H43NO12/c1-15-12-21-24(19(27(36)41-21)13-29(7)14-38-23(35)9-8-22(33)34)26(40-18(4)32)28(5,6)25(15)20(39-17(3)31)10-11-37-16(2)30/h15,19-21,24-26H,8-14H2,1-7H3,(H,33,34)/t15-,19-,20+,21+,24-,25-,26+/m1/s1. The highest BCUT2D eigenvalue weighted by Crippen LogP contribution is 2.53. The van der Waals surface area contributed by atoms with Crippen LogP contribution in [0.1, 0.15) is 67.2 Å². The molecule has 1 saturated heterocycles. The lowest BCUT2D eigenvalue weighted by Gasteiger charge is -2.46. The van der Waals surface area contributed by atoms with Gasteiger partial charge < -0.3 is 28.8 Å². The highest BCUT2D eigenvalue weighted by molar-refractivity contribution is 5.77. The van der Waals surface area contributed by atoms with Gasteiger partial charge in [-0.2, -0.15) is 0 Å². The maximum absolute atomic E-state index is 13.1. The maximum Gasteiger partial charge on any atom is 0.311 e. The zero-order valence-corrected chi connectivity index (χ0v) is 24.9. The number of ether oxygens (including phenoxy) is 5. The van der Waals surface area contributed by atoms with Crippen molar-refractivity contribution >= 4 is 35.8 Å². The van der Waals surface area contributed by atoms with Gasteiger partial charge in [0.2, 0.25) is 0 Å². The Hall–Kier alpha value is -3.22. The number of carboxylic acids is 1. The van der Waals surface area contributed by atoms with E-state index in [-0.39, 0.29) is 51.0 Å².